The van der Waals surface area contributed by atoms with Gasteiger partial charge < -0.3 is 16.0 Å². The van der Waals surface area contributed by atoms with Crippen LogP contribution in [0.15, 0.2) is 24.3 Å². The van der Waals surface area contributed by atoms with E-state index in [4.69, 9.17) is 0 Å². The summed E-state index contributed by atoms with van der Waals surface area (Å²) in [5.74, 6) is 1.03. The van der Waals surface area contributed by atoms with Gasteiger partial charge in [-0.1, -0.05) is 31.4 Å². The van der Waals surface area contributed by atoms with Crippen molar-refractivity contribution in [2.45, 2.75) is 69.5 Å². The van der Waals surface area contributed by atoms with Crippen LogP contribution in [0.3, 0.4) is 0 Å². The van der Waals surface area contributed by atoms with Gasteiger partial charge in [0.2, 0.25) is 5.91 Å². The van der Waals surface area contributed by atoms with Crippen LogP contribution in [0.5, 0.6) is 0 Å². The molecule has 3 N–H and O–H groups in total. The lowest BCUT2D eigenvalue weighted by atomic mass is 9.58. The molecule has 5 aliphatic rings. The van der Waals surface area contributed by atoms with E-state index >= 15 is 0 Å². The van der Waals surface area contributed by atoms with Gasteiger partial charge in [-0.3, -0.25) is 9.59 Å². The van der Waals surface area contributed by atoms with Crippen LogP contribution in [-0.2, 0) is 4.79 Å². The molecule has 1 aromatic rings. The summed E-state index contributed by atoms with van der Waals surface area (Å²) in [6, 6.07) is 8.10. The number of nitrogens with one attached hydrogen (secondary N) is 3. The van der Waals surface area contributed by atoms with E-state index in [1.54, 1.807) is 0 Å². The molecule has 0 unspecified atom stereocenters. The Hall–Kier alpha value is -2.04. The highest BCUT2D eigenvalue weighted by molar-refractivity contribution is 6.02. The second kappa shape index (κ2) is 6.54. The smallest absolute Gasteiger partial charge is 0.255 e. The predicted octanol–water partition coefficient (Wildman–Crippen LogP) is 3.42. The number of carbonyl (C=O) groups is 2. The van der Waals surface area contributed by atoms with E-state index in [1.165, 1.54) is 19.3 Å². The summed E-state index contributed by atoms with van der Waals surface area (Å²) in [4.78, 5) is 25.7. The summed E-state index contributed by atoms with van der Waals surface area (Å²) < 4.78 is 0. The third kappa shape index (κ3) is 2.91. The van der Waals surface area contributed by atoms with Crippen LogP contribution in [0.4, 0.5) is 5.69 Å². The number of anilines is 1. The van der Waals surface area contributed by atoms with E-state index in [0.717, 1.165) is 49.8 Å². The monoisotopic (exact) mass is 367 g/mol. The van der Waals surface area contributed by atoms with Crippen molar-refractivity contribution >= 4 is 17.5 Å². The Balaban J connectivity index is 1.32. The molecule has 0 aromatic heterocycles. The second-order valence-electron chi connectivity index (χ2n) is 9.02. The molecule has 2 bridgehead atoms. The molecule has 4 fully saturated rings. The molecule has 5 heteroatoms. The van der Waals surface area contributed by atoms with Crippen LogP contribution in [0.2, 0.25) is 0 Å². The first-order chi connectivity index (χ1) is 13.1. The zero-order valence-electron chi connectivity index (χ0n) is 15.8. The van der Waals surface area contributed by atoms with Crippen LogP contribution in [-0.4, -0.2) is 23.5 Å². The molecule has 5 nitrogen and oxygen atoms in total. The van der Waals surface area contributed by atoms with E-state index < -0.39 is 0 Å². The average molecular weight is 367 g/mol. The first kappa shape index (κ1) is 17.1. The molecule has 4 aliphatic carbocycles. The Bertz CT molecular complexity index is 758. The van der Waals surface area contributed by atoms with Gasteiger partial charge in [-0.25, -0.2) is 0 Å². The number of benzene rings is 1. The Kier molecular flexibility index (Phi) is 4.14. The van der Waals surface area contributed by atoms with E-state index in [-0.39, 0.29) is 23.4 Å². The number of amides is 2. The molecule has 1 heterocycles. The molecule has 1 aromatic carbocycles. The van der Waals surface area contributed by atoms with Gasteiger partial charge in [0.05, 0.1) is 5.56 Å². The van der Waals surface area contributed by atoms with E-state index in [9.17, 15) is 9.59 Å². The van der Waals surface area contributed by atoms with Crippen molar-refractivity contribution in [3.8, 4) is 0 Å². The van der Waals surface area contributed by atoms with Crippen LogP contribution in [0.25, 0.3) is 0 Å². The van der Waals surface area contributed by atoms with Crippen molar-refractivity contribution < 1.29 is 9.59 Å². The summed E-state index contributed by atoms with van der Waals surface area (Å²) in [7, 11) is 0. The summed E-state index contributed by atoms with van der Waals surface area (Å²) in [6.07, 6.45) is 9.92. The van der Waals surface area contributed by atoms with Crippen molar-refractivity contribution in [3.05, 3.63) is 29.8 Å². The first-order valence-corrected chi connectivity index (χ1v) is 10.6. The fourth-order valence-corrected chi connectivity index (χ4v) is 6.02. The highest BCUT2D eigenvalue weighted by atomic mass is 16.2. The Labute approximate surface area is 160 Å². The molecule has 1 spiro atoms. The fourth-order valence-electron chi connectivity index (χ4n) is 6.02. The first-order valence-electron chi connectivity index (χ1n) is 10.6. The van der Waals surface area contributed by atoms with Gasteiger partial charge in [-0.05, 0) is 56.6 Å². The zero-order chi connectivity index (χ0) is 18.4. The lowest BCUT2D eigenvalue weighted by Gasteiger charge is -2.56. The maximum absolute atomic E-state index is 13.0. The van der Waals surface area contributed by atoms with Crippen molar-refractivity contribution in [3.63, 3.8) is 0 Å². The molecule has 6 rings (SSSR count). The number of carbonyl (C=O) groups excluding carboxylic acids is 2. The Morgan fingerprint density at radius 1 is 1.04 bits per heavy atom. The van der Waals surface area contributed by atoms with Gasteiger partial charge in [0, 0.05) is 23.6 Å². The Morgan fingerprint density at radius 2 is 1.85 bits per heavy atom. The van der Waals surface area contributed by atoms with Crippen molar-refractivity contribution in [1.29, 1.82) is 0 Å². The van der Waals surface area contributed by atoms with Gasteiger partial charge in [-0.15, -0.1) is 0 Å². The molecular formula is C22H29N3O2. The summed E-state index contributed by atoms with van der Waals surface area (Å²) in [5, 5.41) is 10.3. The minimum Gasteiger partial charge on any atom is -0.362 e. The number of hydrogen-bond acceptors (Lipinski definition) is 3. The fraction of sp³-hybridized carbons (Fsp3) is 0.636. The zero-order valence-corrected chi connectivity index (χ0v) is 15.8. The van der Waals surface area contributed by atoms with Gasteiger partial charge in [0.25, 0.3) is 5.91 Å². The lowest BCUT2D eigenvalue weighted by molar-refractivity contribution is -0.133. The van der Waals surface area contributed by atoms with Gasteiger partial charge in [-0.2, -0.15) is 0 Å². The minimum absolute atomic E-state index is 0.0140. The summed E-state index contributed by atoms with van der Waals surface area (Å²) in [6.45, 7) is 0. The SMILES string of the molecule is O=C1N[C@@]2(C[C@H]3CC[C@H]2C[C@@H]3C(=O)NC2CCCCC2)Nc2ccccc21. The normalized spacial score (nSPS) is 35.3. The van der Waals surface area contributed by atoms with Gasteiger partial charge in [0.1, 0.15) is 5.66 Å². The van der Waals surface area contributed by atoms with E-state index in [0.29, 0.717) is 17.9 Å². The quantitative estimate of drug-likeness (QED) is 0.750. The molecule has 4 saturated carbocycles. The van der Waals surface area contributed by atoms with Crippen LogP contribution >= 0.6 is 0 Å². The largest absolute Gasteiger partial charge is 0.362 e. The van der Waals surface area contributed by atoms with Crippen LogP contribution in [0.1, 0.15) is 68.1 Å². The molecule has 1 aliphatic heterocycles. The summed E-state index contributed by atoms with van der Waals surface area (Å²) in [5.41, 5.74) is 1.27. The number of fused-ring (bicyclic) bond motifs is 3. The molecule has 0 saturated heterocycles. The molecule has 27 heavy (non-hydrogen) atoms. The van der Waals surface area contributed by atoms with Crippen molar-refractivity contribution in [1.82, 2.24) is 10.6 Å². The maximum atomic E-state index is 13.0. The molecular weight excluding hydrogens is 338 g/mol. The average Bonchev–Trinajstić information content (AvgIpc) is 2.69. The van der Waals surface area contributed by atoms with Crippen molar-refractivity contribution in [2.24, 2.45) is 17.8 Å². The predicted molar refractivity (Wildman–Crippen MR) is 104 cm³/mol. The van der Waals surface area contributed by atoms with E-state index in [1.807, 2.05) is 24.3 Å². The van der Waals surface area contributed by atoms with Crippen LogP contribution in [0, 0.1) is 17.8 Å². The number of rotatable bonds is 2. The molecule has 0 radical (unpaired) electrons. The number of para-hydroxylation sites is 1. The molecule has 2 amide bonds. The van der Waals surface area contributed by atoms with Crippen molar-refractivity contribution in [2.75, 3.05) is 5.32 Å². The van der Waals surface area contributed by atoms with Crippen LogP contribution < -0.4 is 16.0 Å². The standard InChI is InChI=1S/C22H29N3O2/c26-20(23-16-6-2-1-3-7-16)18-12-15-11-10-14(18)13-22(15)24-19-9-5-4-8-17(19)21(27)25-22/h4-5,8-9,14-16,18,24H,1-3,6-7,10-13H2,(H,23,26)(H,25,27)/t14-,15+,18+,22-/m1/s1. The minimum atomic E-state index is -0.379. The highest BCUT2D eigenvalue weighted by Crippen LogP contribution is 2.51. The maximum Gasteiger partial charge on any atom is 0.255 e. The van der Waals surface area contributed by atoms with Gasteiger partial charge in [0.15, 0.2) is 0 Å². The lowest BCUT2D eigenvalue weighted by Crippen LogP contribution is -2.68. The third-order valence-electron chi connectivity index (χ3n) is 7.43. The third-order valence-corrected chi connectivity index (χ3v) is 7.43. The highest BCUT2D eigenvalue weighted by Gasteiger charge is 2.55. The molecule has 4 atom stereocenters. The Morgan fingerprint density at radius 3 is 2.63 bits per heavy atom. The number of hydrogen-bond donors (Lipinski definition) is 3. The summed E-state index contributed by atoms with van der Waals surface area (Å²) >= 11 is 0. The van der Waals surface area contributed by atoms with E-state index in [2.05, 4.69) is 16.0 Å². The topological polar surface area (TPSA) is 70.2 Å². The second-order valence-corrected chi connectivity index (χ2v) is 9.02. The molecule has 144 valence electrons. The van der Waals surface area contributed by atoms with Gasteiger partial charge >= 0.3 is 0 Å².